The van der Waals surface area contributed by atoms with Crippen LogP contribution < -0.4 is 4.90 Å². The Bertz CT molecular complexity index is 2010. The molecule has 234 valence electrons. The average Bonchev–Trinajstić information content (AvgIpc) is 3.65. The van der Waals surface area contributed by atoms with Gasteiger partial charge in [0.05, 0.1) is 40.5 Å². The van der Waals surface area contributed by atoms with Crippen molar-refractivity contribution >= 4 is 40.4 Å². The molecule has 1 aliphatic heterocycles. The van der Waals surface area contributed by atoms with E-state index in [9.17, 15) is 4.79 Å². The Kier molecular flexibility index (Phi) is 6.84. The summed E-state index contributed by atoms with van der Waals surface area (Å²) in [7, 11) is 0. The topological polar surface area (TPSA) is 80.8 Å². The molecule has 8 rings (SSSR count). The summed E-state index contributed by atoms with van der Waals surface area (Å²) in [5.41, 5.74) is 1.94. The van der Waals surface area contributed by atoms with Gasteiger partial charge in [-0.25, -0.2) is 9.69 Å². The minimum Gasteiger partial charge on any atom is -0.462 e. The lowest BCUT2D eigenvalue weighted by molar-refractivity contribution is -0.130. The first kappa shape index (κ1) is 29.5. The molecule has 2 bridgehead atoms. The van der Waals surface area contributed by atoms with Gasteiger partial charge in [-0.15, -0.1) is 0 Å². The largest absolute Gasteiger partial charge is 0.462 e. The van der Waals surface area contributed by atoms with Crippen LogP contribution in [0.15, 0.2) is 146 Å². The molecule has 0 unspecified atom stereocenters. The van der Waals surface area contributed by atoms with Crippen LogP contribution in [0.3, 0.4) is 0 Å². The van der Waals surface area contributed by atoms with Gasteiger partial charge in [-0.05, 0) is 58.5 Å². The Morgan fingerprint density at radius 1 is 0.604 bits per heavy atom. The quantitative estimate of drug-likeness (QED) is 0.142. The number of carbonyl (C=O) groups excluding carboxylic acids is 4. The summed E-state index contributed by atoms with van der Waals surface area (Å²) in [6.07, 6.45) is 0. The van der Waals surface area contributed by atoms with E-state index in [1.807, 2.05) is 121 Å². The van der Waals surface area contributed by atoms with E-state index in [0.29, 0.717) is 11.1 Å². The molecule has 5 aromatic carbocycles. The molecule has 2 fully saturated rings. The molecule has 3 aliphatic rings. The number of anilines is 1. The second kappa shape index (κ2) is 11.1. The molecule has 6 nitrogen and oxygen atoms in total. The minimum atomic E-state index is -1.49. The van der Waals surface area contributed by atoms with Gasteiger partial charge in [-0.2, -0.15) is 0 Å². The van der Waals surface area contributed by atoms with Crippen LogP contribution in [0.4, 0.5) is 5.69 Å². The Balaban J connectivity index is 1.49. The van der Waals surface area contributed by atoms with Crippen LogP contribution >= 0.6 is 0 Å². The third kappa shape index (κ3) is 3.80. The zero-order valence-electron chi connectivity index (χ0n) is 26.2. The number of benzene rings is 5. The second-order valence-electron chi connectivity index (χ2n) is 12.4. The Morgan fingerprint density at radius 3 is 1.48 bits per heavy atom. The lowest BCUT2D eigenvalue weighted by Gasteiger charge is -2.39. The summed E-state index contributed by atoms with van der Waals surface area (Å²) in [5.74, 6) is -3.76. The van der Waals surface area contributed by atoms with Crippen molar-refractivity contribution in [3.63, 3.8) is 0 Å². The number of nitrogens with zero attached hydrogens (tertiary/aromatic N) is 1. The van der Waals surface area contributed by atoms with Crippen LogP contribution in [0.2, 0.25) is 0 Å². The van der Waals surface area contributed by atoms with Gasteiger partial charge in [0.2, 0.25) is 11.8 Å². The first-order valence-corrected chi connectivity index (χ1v) is 16.1. The monoisotopic (exact) mass is 629 g/mol. The molecular formula is C42H31NO5. The summed E-state index contributed by atoms with van der Waals surface area (Å²) in [5, 5.41) is 0. The third-order valence-electron chi connectivity index (χ3n) is 10.2. The van der Waals surface area contributed by atoms with Gasteiger partial charge in [-0.1, -0.05) is 127 Å². The van der Waals surface area contributed by atoms with E-state index in [0.717, 1.165) is 22.3 Å². The summed E-state index contributed by atoms with van der Waals surface area (Å²) in [6, 6.07) is 44.8. The first-order chi connectivity index (χ1) is 23.5. The number of esters is 1. The zero-order chi connectivity index (χ0) is 33.0. The molecule has 2 amide bonds. The average molecular weight is 630 g/mol. The van der Waals surface area contributed by atoms with Crippen molar-refractivity contribution in [2.45, 2.75) is 17.8 Å². The van der Waals surface area contributed by atoms with Crippen molar-refractivity contribution in [1.82, 2.24) is 0 Å². The number of imide groups is 1. The smallest absolute Gasteiger partial charge is 0.338 e. The van der Waals surface area contributed by atoms with E-state index in [1.54, 1.807) is 25.1 Å². The number of Topliss-reactive ketones (excluding diaryl/α,β-unsaturated/α-hetero) is 1. The van der Waals surface area contributed by atoms with Gasteiger partial charge < -0.3 is 4.74 Å². The van der Waals surface area contributed by atoms with E-state index in [-0.39, 0.29) is 23.6 Å². The Hall–Kier alpha value is -5.88. The number of amides is 2. The van der Waals surface area contributed by atoms with Gasteiger partial charge in [0, 0.05) is 0 Å². The fraction of sp³-hybridized carbons (Fsp3) is 0.143. The predicted molar refractivity (Wildman–Crippen MR) is 183 cm³/mol. The van der Waals surface area contributed by atoms with E-state index in [1.165, 1.54) is 11.0 Å². The maximum absolute atomic E-state index is 15.9. The summed E-state index contributed by atoms with van der Waals surface area (Å²) < 4.78 is 5.23. The van der Waals surface area contributed by atoms with E-state index in [2.05, 4.69) is 0 Å². The third-order valence-corrected chi connectivity index (χ3v) is 10.2. The lowest BCUT2D eigenvalue weighted by atomic mass is 9.59. The summed E-state index contributed by atoms with van der Waals surface area (Å²) in [6.45, 7) is 1.91. The molecule has 1 saturated carbocycles. The number of fused-ring (bicyclic) bond motifs is 5. The Morgan fingerprint density at radius 2 is 1.04 bits per heavy atom. The maximum atomic E-state index is 15.9. The first-order valence-electron chi connectivity index (χ1n) is 16.1. The van der Waals surface area contributed by atoms with Crippen LogP contribution in [-0.2, 0) is 30.0 Å². The number of carbonyl (C=O) groups is 4. The molecule has 0 N–H and O–H groups in total. The Labute approximate surface area is 278 Å². The fourth-order valence-corrected chi connectivity index (χ4v) is 8.57. The number of hydrogen-bond acceptors (Lipinski definition) is 5. The van der Waals surface area contributed by atoms with Crippen LogP contribution in [0.1, 0.15) is 39.5 Å². The molecule has 6 heteroatoms. The predicted octanol–water partition coefficient (Wildman–Crippen LogP) is 7.05. The molecule has 0 aromatic heterocycles. The summed E-state index contributed by atoms with van der Waals surface area (Å²) in [4.78, 5) is 60.1. The lowest BCUT2D eigenvalue weighted by Crippen LogP contribution is -2.45. The highest BCUT2D eigenvalue weighted by Gasteiger charge is 2.82. The van der Waals surface area contributed by atoms with Crippen LogP contribution in [0, 0.1) is 11.8 Å². The van der Waals surface area contributed by atoms with Gasteiger partial charge in [0.25, 0.3) is 0 Å². The minimum absolute atomic E-state index is 0.179. The molecule has 0 radical (unpaired) electrons. The van der Waals surface area contributed by atoms with Crippen molar-refractivity contribution in [3.8, 4) is 0 Å². The molecule has 5 aromatic rings. The van der Waals surface area contributed by atoms with Gasteiger partial charge >= 0.3 is 5.97 Å². The van der Waals surface area contributed by atoms with Gasteiger partial charge in [0.1, 0.15) is 0 Å². The number of rotatable bonds is 7. The van der Waals surface area contributed by atoms with Gasteiger partial charge in [-0.3, -0.25) is 14.4 Å². The molecular weight excluding hydrogens is 598 g/mol. The van der Waals surface area contributed by atoms with Crippen molar-refractivity contribution in [1.29, 1.82) is 0 Å². The zero-order valence-corrected chi connectivity index (χ0v) is 26.2. The number of hydrogen-bond donors (Lipinski definition) is 0. The fourth-order valence-electron chi connectivity index (χ4n) is 8.57. The molecule has 2 aliphatic carbocycles. The van der Waals surface area contributed by atoms with Crippen LogP contribution in [0.5, 0.6) is 0 Å². The van der Waals surface area contributed by atoms with Crippen molar-refractivity contribution in [3.05, 3.63) is 173 Å². The van der Waals surface area contributed by atoms with Crippen molar-refractivity contribution in [2.24, 2.45) is 11.8 Å². The number of allylic oxidation sites excluding steroid dienone is 2. The molecule has 48 heavy (non-hydrogen) atoms. The molecule has 0 spiro atoms. The second-order valence-corrected chi connectivity index (χ2v) is 12.4. The van der Waals surface area contributed by atoms with Crippen molar-refractivity contribution < 1.29 is 23.9 Å². The van der Waals surface area contributed by atoms with E-state index >= 15 is 14.4 Å². The normalized spacial score (nSPS) is 24.3. The summed E-state index contributed by atoms with van der Waals surface area (Å²) >= 11 is 0. The number of ketones is 1. The van der Waals surface area contributed by atoms with E-state index in [4.69, 9.17) is 4.74 Å². The molecule has 1 heterocycles. The maximum Gasteiger partial charge on any atom is 0.338 e. The van der Waals surface area contributed by atoms with Gasteiger partial charge in [0.15, 0.2) is 5.78 Å². The molecule has 4 atom stereocenters. The van der Waals surface area contributed by atoms with Crippen LogP contribution in [0.25, 0.3) is 11.1 Å². The van der Waals surface area contributed by atoms with Crippen LogP contribution in [-0.4, -0.2) is 30.2 Å². The standard InChI is InChI=1S/C42H31NO5/c1-2-48-39(46)29-20-15-25-32(26-29)43-37(44)35-36(38(43)45)42(31-23-13-6-14-24-31)34(28-18-9-4-10-19-28)33(27-16-7-3-8-17-27)41(35,40(42)47)30-21-11-5-12-22-30/h3-26,35-36H,2H2,1H3/t35-,36+,41-,42-/m0/s1. The highest BCUT2D eigenvalue weighted by molar-refractivity contribution is 6.39. The highest BCUT2D eigenvalue weighted by atomic mass is 16.5. The SMILES string of the molecule is CCOC(=O)c1cccc(N2C(=O)[C@@H]3[C@H](C2=O)[C@@]2(c4ccccc4)C(=O)[C@@]3(c3ccccc3)C(c3ccccc3)=C2c2ccccc2)c1. The number of ether oxygens (including phenoxy) is 1. The van der Waals surface area contributed by atoms with E-state index < -0.39 is 40.4 Å². The van der Waals surface area contributed by atoms with Crippen molar-refractivity contribution in [2.75, 3.05) is 11.5 Å². The molecule has 1 saturated heterocycles. The highest BCUT2D eigenvalue weighted by Crippen LogP contribution is 2.74.